The topological polar surface area (TPSA) is 66.4 Å². The largest absolute Gasteiger partial charge is 0.481 e. The fourth-order valence-electron chi connectivity index (χ4n) is 2.94. The maximum atomic E-state index is 11.9. The van der Waals surface area contributed by atoms with Gasteiger partial charge in [0.25, 0.3) is 0 Å². The number of ketones is 1. The van der Waals surface area contributed by atoms with Crippen molar-refractivity contribution in [3.8, 4) is 0 Å². The lowest BCUT2D eigenvalue weighted by Gasteiger charge is -2.28. The third-order valence-electron chi connectivity index (χ3n) is 4.12. The smallest absolute Gasteiger partial charge is 0.303 e. The molecule has 4 heteroatoms. The van der Waals surface area contributed by atoms with Gasteiger partial charge in [0, 0.05) is 31.5 Å². The predicted molar refractivity (Wildman–Crippen MR) is 77.9 cm³/mol. The van der Waals surface area contributed by atoms with Crippen LogP contribution in [0, 0.1) is 5.92 Å². The monoisotopic (exact) mass is 275 g/mol. The molecule has 2 unspecified atom stereocenters. The molecule has 1 saturated carbocycles. The second-order valence-corrected chi connectivity index (χ2v) is 5.44. The summed E-state index contributed by atoms with van der Waals surface area (Å²) in [6, 6.07) is 8.24. The molecule has 0 aliphatic heterocycles. The average molecular weight is 275 g/mol. The molecule has 2 atom stereocenters. The fourth-order valence-corrected chi connectivity index (χ4v) is 2.94. The van der Waals surface area contributed by atoms with Gasteiger partial charge in [0.1, 0.15) is 5.78 Å². The van der Waals surface area contributed by atoms with E-state index in [4.69, 9.17) is 5.11 Å². The van der Waals surface area contributed by atoms with E-state index in [-0.39, 0.29) is 18.1 Å². The molecule has 0 heterocycles. The minimum atomic E-state index is -0.822. The van der Waals surface area contributed by atoms with E-state index >= 15 is 0 Å². The normalized spacial score (nSPS) is 22.6. The second-order valence-electron chi connectivity index (χ2n) is 5.44. The zero-order chi connectivity index (χ0) is 14.5. The number of carbonyl (C=O) groups excluding carboxylic acids is 1. The Labute approximate surface area is 119 Å². The van der Waals surface area contributed by atoms with E-state index in [0.29, 0.717) is 18.8 Å². The van der Waals surface area contributed by atoms with Crippen LogP contribution in [0.4, 0.5) is 5.69 Å². The first-order valence-corrected chi connectivity index (χ1v) is 7.12. The average Bonchev–Trinajstić information content (AvgIpc) is 2.46. The molecule has 0 saturated heterocycles. The molecule has 0 radical (unpaired) electrons. The number of hydrogen-bond acceptors (Lipinski definition) is 3. The van der Waals surface area contributed by atoms with Crippen molar-refractivity contribution < 1.29 is 14.7 Å². The molecule has 1 aromatic rings. The Hall–Kier alpha value is -1.84. The molecule has 0 spiro atoms. The Morgan fingerprint density at radius 3 is 2.95 bits per heavy atom. The summed E-state index contributed by atoms with van der Waals surface area (Å²) < 4.78 is 0. The molecule has 1 aliphatic carbocycles. The summed E-state index contributed by atoms with van der Waals surface area (Å²) >= 11 is 0. The molecule has 0 amide bonds. The highest BCUT2D eigenvalue weighted by Crippen LogP contribution is 2.36. The van der Waals surface area contributed by atoms with Crippen LogP contribution in [0.3, 0.4) is 0 Å². The number of anilines is 1. The molecule has 1 aromatic carbocycles. The summed E-state index contributed by atoms with van der Waals surface area (Å²) in [6.07, 6.45) is 2.77. The van der Waals surface area contributed by atoms with Gasteiger partial charge in [-0.3, -0.25) is 9.59 Å². The first kappa shape index (κ1) is 14.6. The van der Waals surface area contributed by atoms with Crippen LogP contribution in [0.5, 0.6) is 0 Å². The van der Waals surface area contributed by atoms with Gasteiger partial charge in [0.15, 0.2) is 0 Å². The summed E-state index contributed by atoms with van der Waals surface area (Å²) in [5.74, 6) is -0.327. The standard InChI is InChI=1S/C16H21NO3/c1-17-14-4-2-3-11(10-14)12-5-7-15(18)13(9-12)6-8-16(19)20/h2-4,10,12-13,17H,5-9H2,1H3,(H,19,20). The van der Waals surface area contributed by atoms with E-state index in [1.165, 1.54) is 5.56 Å². The minimum Gasteiger partial charge on any atom is -0.481 e. The minimum absolute atomic E-state index is 0.0830. The van der Waals surface area contributed by atoms with E-state index < -0.39 is 5.97 Å². The third kappa shape index (κ3) is 3.59. The van der Waals surface area contributed by atoms with Crippen molar-refractivity contribution in [1.29, 1.82) is 0 Å². The van der Waals surface area contributed by atoms with Crippen molar-refractivity contribution >= 4 is 17.4 Å². The molecule has 108 valence electrons. The highest BCUT2D eigenvalue weighted by atomic mass is 16.4. The Kier molecular flexibility index (Phi) is 4.77. The molecule has 20 heavy (non-hydrogen) atoms. The van der Waals surface area contributed by atoms with Crippen LogP contribution in [-0.2, 0) is 9.59 Å². The van der Waals surface area contributed by atoms with Gasteiger partial charge in [-0.2, -0.15) is 0 Å². The van der Waals surface area contributed by atoms with Crippen LogP contribution in [0.2, 0.25) is 0 Å². The molecule has 0 bridgehead atoms. The number of Topliss-reactive ketones (excluding diaryl/α,β-unsaturated/α-hetero) is 1. The number of hydrogen-bond donors (Lipinski definition) is 2. The Balaban J connectivity index is 2.05. The molecule has 4 nitrogen and oxygen atoms in total. The first-order valence-electron chi connectivity index (χ1n) is 7.12. The molecule has 0 aromatic heterocycles. The number of carboxylic acids is 1. The third-order valence-corrected chi connectivity index (χ3v) is 4.12. The zero-order valence-electron chi connectivity index (χ0n) is 11.8. The number of rotatable bonds is 5. The number of aliphatic carboxylic acids is 1. The lowest BCUT2D eigenvalue weighted by molar-refractivity contribution is -0.137. The number of carbonyl (C=O) groups is 2. The summed E-state index contributed by atoms with van der Waals surface area (Å²) in [6.45, 7) is 0. The summed E-state index contributed by atoms with van der Waals surface area (Å²) in [5.41, 5.74) is 2.31. The van der Waals surface area contributed by atoms with Crippen molar-refractivity contribution in [1.82, 2.24) is 0 Å². The highest BCUT2D eigenvalue weighted by Gasteiger charge is 2.29. The van der Waals surface area contributed by atoms with Crippen molar-refractivity contribution in [2.45, 2.75) is 38.0 Å². The molecule has 1 fully saturated rings. The highest BCUT2D eigenvalue weighted by molar-refractivity contribution is 5.82. The van der Waals surface area contributed by atoms with Crippen molar-refractivity contribution in [3.63, 3.8) is 0 Å². The Morgan fingerprint density at radius 1 is 1.45 bits per heavy atom. The molecule has 2 N–H and O–H groups in total. The van der Waals surface area contributed by atoms with Crippen LogP contribution in [-0.4, -0.2) is 23.9 Å². The quantitative estimate of drug-likeness (QED) is 0.866. The van der Waals surface area contributed by atoms with Crippen LogP contribution >= 0.6 is 0 Å². The lowest BCUT2D eigenvalue weighted by Crippen LogP contribution is -2.24. The van der Waals surface area contributed by atoms with Crippen molar-refractivity contribution in [2.75, 3.05) is 12.4 Å². The molecule has 1 aliphatic rings. The predicted octanol–water partition coefficient (Wildman–Crippen LogP) is 3.05. The van der Waals surface area contributed by atoms with E-state index in [2.05, 4.69) is 17.4 Å². The molecular formula is C16H21NO3. The van der Waals surface area contributed by atoms with Gasteiger partial charge >= 0.3 is 5.97 Å². The number of benzene rings is 1. The van der Waals surface area contributed by atoms with Gasteiger partial charge in [0.05, 0.1) is 0 Å². The number of nitrogens with one attached hydrogen (secondary N) is 1. The molecule has 2 rings (SSSR count). The van der Waals surface area contributed by atoms with Crippen molar-refractivity contribution in [2.24, 2.45) is 5.92 Å². The van der Waals surface area contributed by atoms with Crippen molar-refractivity contribution in [3.05, 3.63) is 29.8 Å². The van der Waals surface area contributed by atoms with Crippen LogP contribution in [0.15, 0.2) is 24.3 Å². The Bertz CT molecular complexity index is 498. The summed E-state index contributed by atoms with van der Waals surface area (Å²) in [4.78, 5) is 22.6. The van der Waals surface area contributed by atoms with E-state index in [1.54, 1.807) is 0 Å². The van der Waals surface area contributed by atoms with Gasteiger partial charge in [-0.1, -0.05) is 12.1 Å². The van der Waals surface area contributed by atoms with Gasteiger partial charge in [0.2, 0.25) is 0 Å². The summed E-state index contributed by atoms with van der Waals surface area (Å²) in [5, 5.41) is 11.9. The second kappa shape index (κ2) is 6.55. The number of carboxylic acid groups (broad SMARTS) is 1. The van der Waals surface area contributed by atoms with Crippen LogP contribution < -0.4 is 5.32 Å². The fraction of sp³-hybridized carbons (Fsp3) is 0.500. The maximum absolute atomic E-state index is 11.9. The van der Waals surface area contributed by atoms with E-state index in [0.717, 1.165) is 18.5 Å². The SMILES string of the molecule is CNc1cccc(C2CCC(=O)C(CCC(=O)O)C2)c1. The molecular weight excluding hydrogens is 254 g/mol. The zero-order valence-corrected chi connectivity index (χ0v) is 11.8. The maximum Gasteiger partial charge on any atom is 0.303 e. The van der Waals surface area contributed by atoms with Gasteiger partial charge in [-0.15, -0.1) is 0 Å². The summed E-state index contributed by atoms with van der Waals surface area (Å²) in [7, 11) is 1.89. The van der Waals surface area contributed by atoms with E-state index in [1.807, 2.05) is 19.2 Å². The van der Waals surface area contributed by atoms with Gasteiger partial charge in [-0.05, 0) is 42.9 Å². The van der Waals surface area contributed by atoms with Gasteiger partial charge < -0.3 is 10.4 Å². The van der Waals surface area contributed by atoms with Crippen LogP contribution in [0.1, 0.15) is 43.6 Å². The van der Waals surface area contributed by atoms with Crippen LogP contribution in [0.25, 0.3) is 0 Å². The lowest BCUT2D eigenvalue weighted by atomic mass is 9.75. The Morgan fingerprint density at radius 2 is 2.25 bits per heavy atom. The first-order chi connectivity index (χ1) is 9.60. The van der Waals surface area contributed by atoms with Gasteiger partial charge in [-0.25, -0.2) is 0 Å². The van der Waals surface area contributed by atoms with E-state index in [9.17, 15) is 9.59 Å².